The SMILES string of the molecule is CN1C(=O)C23CC4(Cc5c[nH]c6ccccc56)c5ccccc5N(c5ccccc5)[C@@H]4N2C(=O)[C@@]1(C)SC(=S)S3. The van der Waals surface area contributed by atoms with Crippen molar-refractivity contribution in [2.24, 2.45) is 0 Å². The van der Waals surface area contributed by atoms with E-state index in [9.17, 15) is 9.59 Å². The van der Waals surface area contributed by atoms with Crippen LogP contribution in [-0.4, -0.2) is 53.1 Å². The largest absolute Gasteiger partial charge is 0.361 e. The van der Waals surface area contributed by atoms with Gasteiger partial charge in [-0.2, -0.15) is 0 Å². The number of likely N-dealkylation sites (N-methyl/N-ethyl adjacent to an activating group) is 1. The number of hydrogen-bond acceptors (Lipinski definition) is 6. The summed E-state index contributed by atoms with van der Waals surface area (Å²) in [7, 11) is 1.75. The van der Waals surface area contributed by atoms with E-state index in [-0.39, 0.29) is 11.8 Å². The average molecular weight is 583 g/mol. The molecule has 40 heavy (non-hydrogen) atoms. The summed E-state index contributed by atoms with van der Waals surface area (Å²) in [5.41, 5.74) is 4.93. The van der Waals surface area contributed by atoms with E-state index in [4.69, 9.17) is 12.2 Å². The van der Waals surface area contributed by atoms with Crippen molar-refractivity contribution in [3.05, 3.63) is 96.2 Å². The zero-order valence-corrected chi connectivity index (χ0v) is 24.4. The van der Waals surface area contributed by atoms with E-state index in [1.54, 1.807) is 11.9 Å². The maximum atomic E-state index is 14.7. The third kappa shape index (κ3) is 2.90. The maximum Gasteiger partial charge on any atom is 0.262 e. The maximum absolute atomic E-state index is 14.7. The third-order valence-corrected chi connectivity index (χ3v) is 12.3. The minimum atomic E-state index is -1.12. The average Bonchev–Trinajstić information content (AvgIpc) is 3.55. The molecule has 2 bridgehead atoms. The van der Waals surface area contributed by atoms with E-state index in [1.807, 2.05) is 36.1 Å². The third-order valence-electron chi connectivity index (χ3n) is 9.27. The molecule has 2 unspecified atom stereocenters. The summed E-state index contributed by atoms with van der Waals surface area (Å²) >= 11 is 8.56. The van der Waals surface area contributed by atoms with Gasteiger partial charge in [0.2, 0.25) is 0 Å². The predicted molar refractivity (Wildman–Crippen MR) is 166 cm³/mol. The Morgan fingerprint density at radius 2 is 1.68 bits per heavy atom. The van der Waals surface area contributed by atoms with Crippen LogP contribution in [0.25, 0.3) is 10.9 Å². The van der Waals surface area contributed by atoms with E-state index in [0.717, 1.165) is 27.8 Å². The molecule has 1 aromatic heterocycles. The number of piperazine rings is 1. The Morgan fingerprint density at radius 1 is 0.950 bits per heavy atom. The second kappa shape index (κ2) is 8.15. The number of rotatable bonds is 3. The van der Waals surface area contributed by atoms with Gasteiger partial charge in [0.25, 0.3) is 11.8 Å². The minimum Gasteiger partial charge on any atom is -0.361 e. The Kier molecular flexibility index (Phi) is 4.99. The molecule has 4 aromatic rings. The van der Waals surface area contributed by atoms with Crippen molar-refractivity contribution in [2.75, 3.05) is 11.9 Å². The highest BCUT2D eigenvalue weighted by Crippen LogP contribution is 2.67. The van der Waals surface area contributed by atoms with Crippen molar-refractivity contribution in [3.8, 4) is 0 Å². The second-order valence-corrected chi connectivity index (χ2v) is 15.1. The van der Waals surface area contributed by atoms with Gasteiger partial charge < -0.3 is 14.8 Å². The summed E-state index contributed by atoms with van der Waals surface area (Å²) in [6.07, 6.45) is 2.83. The summed E-state index contributed by atoms with van der Waals surface area (Å²) in [5, 5.41) is 1.16. The number of anilines is 2. The fourth-order valence-electron chi connectivity index (χ4n) is 7.46. The normalized spacial score (nSPS) is 30.6. The van der Waals surface area contributed by atoms with Gasteiger partial charge in [0.1, 0.15) is 9.69 Å². The molecule has 200 valence electrons. The molecule has 0 aliphatic carbocycles. The molecule has 6 nitrogen and oxygen atoms in total. The van der Waals surface area contributed by atoms with Crippen LogP contribution in [-0.2, 0) is 21.4 Å². The number of aromatic amines is 1. The molecule has 5 aliphatic heterocycles. The molecular formula is C31H26N4O2S3. The van der Waals surface area contributed by atoms with Gasteiger partial charge in [0.15, 0.2) is 9.74 Å². The van der Waals surface area contributed by atoms with Crippen molar-refractivity contribution in [3.63, 3.8) is 0 Å². The number of carbonyl (C=O) groups excluding carboxylic acids is 2. The van der Waals surface area contributed by atoms with E-state index in [1.165, 1.54) is 29.1 Å². The van der Waals surface area contributed by atoms with Crippen molar-refractivity contribution in [2.45, 2.75) is 41.1 Å². The Hall–Kier alpha value is -3.27. The van der Waals surface area contributed by atoms with Crippen LogP contribution in [0.5, 0.6) is 0 Å². The van der Waals surface area contributed by atoms with Gasteiger partial charge in [-0.1, -0.05) is 90.3 Å². The molecule has 1 N–H and O–H groups in total. The lowest BCUT2D eigenvalue weighted by Gasteiger charge is -2.51. The zero-order valence-electron chi connectivity index (χ0n) is 22.0. The van der Waals surface area contributed by atoms with Crippen LogP contribution in [0.15, 0.2) is 85.1 Å². The Bertz CT molecular complexity index is 1760. The van der Waals surface area contributed by atoms with Crippen LogP contribution in [0, 0.1) is 0 Å². The lowest BCUT2D eigenvalue weighted by atomic mass is 9.73. The first kappa shape index (κ1) is 24.5. The molecule has 9 rings (SSSR count). The summed E-state index contributed by atoms with van der Waals surface area (Å²) in [6, 6.07) is 27.0. The van der Waals surface area contributed by atoms with Crippen molar-refractivity contribution in [1.29, 1.82) is 0 Å². The first-order valence-corrected chi connectivity index (χ1v) is 15.4. The Labute approximate surface area is 246 Å². The topological polar surface area (TPSA) is 59.7 Å². The fourth-order valence-corrected chi connectivity index (χ4v) is 11.3. The van der Waals surface area contributed by atoms with Crippen molar-refractivity contribution >= 4 is 73.4 Å². The van der Waals surface area contributed by atoms with Crippen LogP contribution in [0.3, 0.4) is 0 Å². The van der Waals surface area contributed by atoms with Crippen LogP contribution < -0.4 is 4.90 Å². The highest BCUT2D eigenvalue weighted by atomic mass is 32.2. The van der Waals surface area contributed by atoms with E-state index in [2.05, 4.69) is 70.7 Å². The quantitative estimate of drug-likeness (QED) is 0.299. The molecule has 1 spiro atoms. The Balaban J connectivity index is 1.43. The number of para-hydroxylation sites is 3. The summed E-state index contributed by atoms with van der Waals surface area (Å²) < 4.78 is 0.637. The summed E-state index contributed by atoms with van der Waals surface area (Å²) in [4.78, 5) is 36.3. The number of hydrogen-bond donors (Lipinski definition) is 1. The van der Waals surface area contributed by atoms with E-state index in [0.29, 0.717) is 16.4 Å². The van der Waals surface area contributed by atoms with Crippen LogP contribution >= 0.6 is 35.7 Å². The van der Waals surface area contributed by atoms with Gasteiger partial charge in [0.05, 0.1) is 0 Å². The number of nitrogens with zero attached hydrogens (tertiary/aromatic N) is 3. The highest BCUT2D eigenvalue weighted by molar-refractivity contribution is 8.48. The molecule has 0 saturated carbocycles. The highest BCUT2D eigenvalue weighted by Gasteiger charge is 2.76. The van der Waals surface area contributed by atoms with Crippen molar-refractivity contribution < 1.29 is 9.59 Å². The molecular weight excluding hydrogens is 557 g/mol. The number of aromatic nitrogens is 1. The standard InChI is InChI=1S/C31H26N4O2S3/c1-29-26(36)35-25-30(16-19-17-32-23-14-8-6-12-21(19)23,18-31(35,27(37)33(29)2)40-28(38)39-29)22-13-7-9-15-24(22)34(25)20-10-4-3-5-11-20/h3-15,17,25,32H,16,18H2,1-2H3/t25-,29-,30?,31?/m1/s1. The lowest BCUT2D eigenvalue weighted by Crippen LogP contribution is -2.72. The smallest absolute Gasteiger partial charge is 0.262 e. The molecule has 0 radical (unpaired) electrons. The predicted octanol–water partition coefficient (Wildman–Crippen LogP) is 6.01. The number of carbonyl (C=O) groups is 2. The molecule has 4 saturated heterocycles. The van der Waals surface area contributed by atoms with Gasteiger partial charge in [-0.3, -0.25) is 14.5 Å². The monoisotopic (exact) mass is 582 g/mol. The van der Waals surface area contributed by atoms with Crippen molar-refractivity contribution in [1.82, 2.24) is 14.8 Å². The molecule has 2 amide bonds. The van der Waals surface area contributed by atoms with Gasteiger partial charge in [-0.15, -0.1) is 0 Å². The summed E-state index contributed by atoms with van der Waals surface area (Å²) in [5.74, 6) is -0.114. The number of thiocarbonyl (C=S) groups is 1. The number of fused-ring (bicyclic) bond motifs is 7. The molecule has 3 aromatic carbocycles. The minimum absolute atomic E-state index is 0.0508. The van der Waals surface area contributed by atoms with Gasteiger partial charge in [0, 0.05) is 47.4 Å². The van der Waals surface area contributed by atoms with Crippen LogP contribution in [0.1, 0.15) is 24.5 Å². The molecule has 9 heteroatoms. The molecule has 5 aliphatic rings. The van der Waals surface area contributed by atoms with E-state index < -0.39 is 21.3 Å². The second-order valence-electron chi connectivity index (χ2n) is 11.2. The van der Waals surface area contributed by atoms with Crippen LogP contribution in [0.4, 0.5) is 11.4 Å². The molecule has 6 heterocycles. The lowest BCUT2D eigenvalue weighted by molar-refractivity contribution is -0.163. The number of nitrogens with one attached hydrogen (secondary N) is 1. The number of thioether (sulfide) groups is 2. The number of benzene rings is 3. The van der Waals surface area contributed by atoms with Crippen LogP contribution in [0.2, 0.25) is 0 Å². The molecule has 4 fully saturated rings. The summed E-state index contributed by atoms with van der Waals surface area (Å²) in [6.45, 7) is 1.84. The van der Waals surface area contributed by atoms with Gasteiger partial charge >= 0.3 is 0 Å². The Morgan fingerprint density at radius 3 is 2.50 bits per heavy atom. The first-order valence-electron chi connectivity index (χ1n) is 13.3. The van der Waals surface area contributed by atoms with Gasteiger partial charge in [-0.05, 0) is 48.7 Å². The zero-order chi connectivity index (χ0) is 27.4. The molecule has 4 atom stereocenters. The van der Waals surface area contributed by atoms with E-state index >= 15 is 0 Å². The number of H-pyrrole nitrogens is 1. The first-order chi connectivity index (χ1) is 19.3. The van der Waals surface area contributed by atoms with Gasteiger partial charge in [-0.25, -0.2) is 0 Å². The fraction of sp³-hybridized carbons (Fsp3) is 0.258. The number of amides is 2.